The Balaban J connectivity index is 1.79. The second kappa shape index (κ2) is 9.23. The maximum atomic E-state index is 11.9. The van der Waals surface area contributed by atoms with Crippen LogP contribution in [-0.2, 0) is 16.1 Å². The van der Waals surface area contributed by atoms with Gasteiger partial charge in [0.2, 0.25) is 11.2 Å². The van der Waals surface area contributed by atoms with Crippen LogP contribution in [0.3, 0.4) is 0 Å². The Morgan fingerprint density at radius 2 is 2.24 bits per heavy atom. The lowest BCUT2D eigenvalue weighted by molar-refractivity contribution is -0.171. The maximum absolute atomic E-state index is 11.9. The van der Waals surface area contributed by atoms with E-state index in [-0.39, 0.29) is 24.1 Å². The minimum absolute atomic E-state index is 0.178. The molecule has 0 amide bonds. The number of hydrogen-bond donors (Lipinski definition) is 0. The van der Waals surface area contributed by atoms with E-state index in [1.54, 1.807) is 0 Å². The number of unbranched alkanes of at least 4 members (excludes halogenated alkanes) is 1. The summed E-state index contributed by atoms with van der Waals surface area (Å²) in [5.41, 5.74) is -0.178. The van der Waals surface area contributed by atoms with E-state index in [1.165, 1.54) is 12.3 Å². The van der Waals surface area contributed by atoms with Gasteiger partial charge in [0.05, 0.1) is 6.61 Å². The van der Waals surface area contributed by atoms with Crippen molar-refractivity contribution in [2.45, 2.75) is 45.0 Å². The third kappa shape index (κ3) is 5.80. The topological polar surface area (TPSA) is 57.9 Å². The second-order valence-corrected chi connectivity index (χ2v) is 5.72. The molecular weight excluding hydrogens is 340 g/mol. The molecule has 0 saturated carbocycles. The fraction of sp³-hybridized carbons (Fsp3) is 0.667. The summed E-state index contributed by atoms with van der Waals surface area (Å²) in [7, 11) is 0. The SMILES string of the molecule is O=c1cc(COC2CCCCO2)occ1OCCCCBr. The van der Waals surface area contributed by atoms with Gasteiger partial charge in [0.15, 0.2) is 6.29 Å². The van der Waals surface area contributed by atoms with E-state index in [0.717, 1.165) is 44.0 Å². The zero-order valence-corrected chi connectivity index (χ0v) is 13.6. The van der Waals surface area contributed by atoms with Crippen LogP contribution >= 0.6 is 15.9 Å². The van der Waals surface area contributed by atoms with Crippen LogP contribution in [0.2, 0.25) is 0 Å². The molecule has 21 heavy (non-hydrogen) atoms. The molecule has 1 atom stereocenters. The molecule has 1 aliphatic heterocycles. The zero-order valence-electron chi connectivity index (χ0n) is 12.0. The van der Waals surface area contributed by atoms with Gasteiger partial charge in [0, 0.05) is 18.0 Å². The minimum atomic E-state index is -0.191. The summed E-state index contributed by atoms with van der Waals surface area (Å²) in [6, 6.07) is 1.42. The molecule has 1 aromatic heterocycles. The van der Waals surface area contributed by atoms with E-state index in [4.69, 9.17) is 18.6 Å². The van der Waals surface area contributed by atoms with Crippen molar-refractivity contribution in [2.75, 3.05) is 18.5 Å². The molecule has 1 saturated heterocycles. The molecule has 2 heterocycles. The van der Waals surface area contributed by atoms with Crippen molar-refractivity contribution >= 4 is 15.9 Å². The summed E-state index contributed by atoms with van der Waals surface area (Å²) in [5.74, 6) is 0.740. The van der Waals surface area contributed by atoms with Crippen molar-refractivity contribution in [3.63, 3.8) is 0 Å². The third-order valence-corrected chi connectivity index (χ3v) is 3.75. The number of rotatable bonds is 8. The highest BCUT2D eigenvalue weighted by Gasteiger charge is 2.15. The van der Waals surface area contributed by atoms with E-state index >= 15 is 0 Å². The van der Waals surface area contributed by atoms with Crippen LogP contribution < -0.4 is 10.2 Å². The molecule has 0 radical (unpaired) electrons. The first-order valence-electron chi connectivity index (χ1n) is 7.33. The Hall–Kier alpha value is -0.850. The van der Waals surface area contributed by atoms with E-state index in [0.29, 0.717) is 12.4 Å². The van der Waals surface area contributed by atoms with Crippen LogP contribution in [-0.4, -0.2) is 24.8 Å². The fourth-order valence-electron chi connectivity index (χ4n) is 2.02. The van der Waals surface area contributed by atoms with Crippen molar-refractivity contribution in [2.24, 2.45) is 0 Å². The second-order valence-electron chi connectivity index (χ2n) is 4.93. The van der Waals surface area contributed by atoms with Crippen LogP contribution in [0.5, 0.6) is 5.75 Å². The highest BCUT2D eigenvalue weighted by atomic mass is 79.9. The summed E-state index contributed by atoms with van der Waals surface area (Å²) in [4.78, 5) is 11.9. The molecule has 0 aliphatic carbocycles. The standard InChI is InChI=1S/C15H21BrO5/c16-6-2-4-7-18-14-11-20-12(9-13(14)17)10-21-15-5-1-3-8-19-15/h9,11,15H,1-8,10H2. The molecule has 0 bridgehead atoms. The van der Waals surface area contributed by atoms with Gasteiger partial charge in [-0.15, -0.1) is 0 Å². The highest BCUT2D eigenvalue weighted by Crippen LogP contribution is 2.16. The van der Waals surface area contributed by atoms with Gasteiger partial charge in [0.1, 0.15) is 18.6 Å². The molecule has 2 rings (SSSR count). The number of ether oxygens (including phenoxy) is 3. The van der Waals surface area contributed by atoms with Crippen LogP contribution in [0.15, 0.2) is 21.5 Å². The average molecular weight is 361 g/mol. The zero-order chi connectivity index (χ0) is 14.9. The van der Waals surface area contributed by atoms with Crippen LogP contribution in [0, 0.1) is 0 Å². The van der Waals surface area contributed by atoms with Crippen LogP contribution in [0.1, 0.15) is 37.9 Å². The molecule has 6 heteroatoms. The van der Waals surface area contributed by atoms with Crippen LogP contribution in [0.25, 0.3) is 0 Å². The van der Waals surface area contributed by atoms with Crippen molar-refractivity contribution < 1.29 is 18.6 Å². The number of halogens is 1. The van der Waals surface area contributed by atoms with Gasteiger partial charge in [0.25, 0.3) is 0 Å². The molecular formula is C15H21BrO5. The van der Waals surface area contributed by atoms with Crippen molar-refractivity contribution in [1.82, 2.24) is 0 Å². The largest absolute Gasteiger partial charge is 0.487 e. The molecule has 1 unspecified atom stereocenters. The number of alkyl halides is 1. The van der Waals surface area contributed by atoms with Gasteiger partial charge < -0.3 is 18.6 Å². The smallest absolute Gasteiger partial charge is 0.227 e. The highest BCUT2D eigenvalue weighted by molar-refractivity contribution is 9.09. The van der Waals surface area contributed by atoms with Gasteiger partial charge in [-0.05, 0) is 32.1 Å². The Morgan fingerprint density at radius 1 is 1.33 bits per heavy atom. The van der Waals surface area contributed by atoms with Crippen molar-refractivity contribution in [3.8, 4) is 5.75 Å². The third-order valence-electron chi connectivity index (χ3n) is 3.19. The fourth-order valence-corrected chi connectivity index (χ4v) is 2.41. The first-order chi connectivity index (χ1) is 10.3. The van der Waals surface area contributed by atoms with Crippen LogP contribution in [0.4, 0.5) is 0 Å². The Morgan fingerprint density at radius 3 is 2.95 bits per heavy atom. The lowest BCUT2D eigenvalue weighted by Gasteiger charge is -2.22. The van der Waals surface area contributed by atoms with Crippen molar-refractivity contribution in [3.05, 3.63) is 28.3 Å². The average Bonchev–Trinajstić information content (AvgIpc) is 2.52. The van der Waals surface area contributed by atoms with E-state index in [9.17, 15) is 4.79 Å². The first kappa shape index (κ1) is 16.5. The van der Waals surface area contributed by atoms with Gasteiger partial charge in [-0.25, -0.2) is 0 Å². The first-order valence-corrected chi connectivity index (χ1v) is 8.45. The lowest BCUT2D eigenvalue weighted by atomic mass is 10.2. The van der Waals surface area contributed by atoms with Gasteiger partial charge in [-0.2, -0.15) is 0 Å². The molecule has 1 aliphatic rings. The maximum Gasteiger partial charge on any atom is 0.227 e. The predicted octanol–water partition coefficient (Wildman–Crippen LogP) is 3.24. The number of hydrogen-bond acceptors (Lipinski definition) is 5. The van der Waals surface area contributed by atoms with Gasteiger partial charge in [-0.3, -0.25) is 4.79 Å². The molecule has 118 valence electrons. The predicted molar refractivity (Wildman–Crippen MR) is 81.9 cm³/mol. The lowest BCUT2D eigenvalue weighted by Crippen LogP contribution is -2.22. The molecule has 0 aromatic carbocycles. The summed E-state index contributed by atoms with van der Waals surface area (Å²) >= 11 is 3.35. The normalized spacial score (nSPS) is 18.6. The summed E-state index contributed by atoms with van der Waals surface area (Å²) in [5, 5.41) is 0.935. The summed E-state index contributed by atoms with van der Waals surface area (Å²) in [6.07, 6.45) is 6.15. The Labute approximate surface area is 132 Å². The van der Waals surface area contributed by atoms with Gasteiger partial charge in [-0.1, -0.05) is 15.9 Å². The van der Waals surface area contributed by atoms with E-state index in [1.807, 2.05) is 0 Å². The Kier molecular flexibility index (Phi) is 7.26. The molecule has 0 spiro atoms. The van der Waals surface area contributed by atoms with Crippen molar-refractivity contribution in [1.29, 1.82) is 0 Å². The van der Waals surface area contributed by atoms with E-state index < -0.39 is 0 Å². The van der Waals surface area contributed by atoms with Gasteiger partial charge >= 0.3 is 0 Å². The summed E-state index contributed by atoms with van der Waals surface area (Å²) < 4.78 is 21.8. The molecule has 1 aromatic rings. The Bertz CT molecular complexity index is 467. The monoisotopic (exact) mass is 360 g/mol. The summed E-state index contributed by atoms with van der Waals surface area (Å²) in [6.45, 7) is 1.49. The quantitative estimate of drug-likeness (QED) is 0.526. The van der Waals surface area contributed by atoms with E-state index in [2.05, 4.69) is 15.9 Å². The minimum Gasteiger partial charge on any atom is -0.487 e. The molecule has 1 fully saturated rings. The molecule has 0 N–H and O–H groups in total. The molecule has 5 nitrogen and oxygen atoms in total.